The van der Waals surface area contributed by atoms with Gasteiger partial charge in [0.15, 0.2) is 17.5 Å². The molecule has 0 aromatic heterocycles. The molecule has 2 nitrogen and oxygen atoms in total. The van der Waals surface area contributed by atoms with E-state index in [4.69, 9.17) is 0 Å². The molecule has 0 bridgehead atoms. The molecule has 0 heterocycles. The van der Waals surface area contributed by atoms with Crippen molar-refractivity contribution in [2.45, 2.75) is 32.0 Å². The Morgan fingerprint density at radius 2 is 1.09 bits per heavy atom. The zero-order valence-corrected chi connectivity index (χ0v) is 16.6. The van der Waals surface area contributed by atoms with Gasteiger partial charge in [-0.2, -0.15) is 17.6 Å². The number of alkyl halides is 4. The molecule has 0 unspecified atom stereocenters. The zero-order valence-electron chi connectivity index (χ0n) is 16.6. The molecule has 3 rings (SSSR count). The molecular weight excluding hydrogens is 441 g/mol. The van der Waals surface area contributed by atoms with Crippen LogP contribution in [0.4, 0.5) is 30.7 Å². The van der Waals surface area contributed by atoms with Crippen molar-refractivity contribution in [3.8, 4) is 11.5 Å². The monoisotopic (exact) mass is 458 g/mol. The van der Waals surface area contributed by atoms with E-state index in [-0.39, 0.29) is 12.1 Å². The van der Waals surface area contributed by atoms with E-state index in [1.807, 2.05) is 6.92 Å². The average Bonchev–Trinajstić information content (AvgIpc) is 2.72. The van der Waals surface area contributed by atoms with Crippen LogP contribution in [0.25, 0.3) is 0 Å². The highest BCUT2D eigenvalue weighted by molar-refractivity contribution is 5.32. The Bertz CT molecular complexity index is 1040. The van der Waals surface area contributed by atoms with Gasteiger partial charge in [-0.25, -0.2) is 13.2 Å². The Labute approximate surface area is 179 Å². The highest BCUT2D eigenvalue weighted by atomic mass is 19.3. The number of ether oxygens (including phenoxy) is 2. The lowest BCUT2D eigenvalue weighted by Crippen LogP contribution is -2.23. The molecule has 0 saturated carbocycles. The fourth-order valence-corrected chi connectivity index (χ4v) is 2.88. The van der Waals surface area contributed by atoms with Crippen molar-refractivity contribution in [1.82, 2.24) is 0 Å². The molecule has 0 aliphatic carbocycles. The van der Waals surface area contributed by atoms with Crippen molar-refractivity contribution < 1.29 is 40.2 Å². The third kappa shape index (κ3) is 5.33. The van der Waals surface area contributed by atoms with Gasteiger partial charge in [-0.3, -0.25) is 0 Å². The van der Waals surface area contributed by atoms with E-state index in [0.717, 1.165) is 42.7 Å². The molecule has 0 fully saturated rings. The molecule has 0 N–H and O–H groups in total. The maximum Gasteiger partial charge on any atom is 0.426 e. The summed E-state index contributed by atoms with van der Waals surface area (Å²) in [4.78, 5) is 0. The van der Waals surface area contributed by atoms with E-state index >= 15 is 0 Å². The number of aryl methyl sites for hydroxylation is 1. The Morgan fingerprint density at radius 3 is 1.56 bits per heavy atom. The fraction of sp³-hybridized carbons (Fsp3) is 0.217. The molecule has 3 aromatic rings. The van der Waals surface area contributed by atoms with E-state index in [0.29, 0.717) is 0 Å². The van der Waals surface area contributed by atoms with Gasteiger partial charge < -0.3 is 9.47 Å². The van der Waals surface area contributed by atoms with Crippen LogP contribution in [0, 0.1) is 17.5 Å². The van der Waals surface area contributed by atoms with Crippen LogP contribution in [-0.4, -0.2) is 0 Å². The Kier molecular flexibility index (Phi) is 6.66. The van der Waals surface area contributed by atoms with Crippen LogP contribution < -0.4 is 9.47 Å². The third-order valence-electron chi connectivity index (χ3n) is 4.47. The van der Waals surface area contributed by atoms with E-state index in [1.54, 1.807) is 12.1 Å². The van der Waals surface area contributed by atoms with Gasteiger partial charge in [0, 0.05) is 12.1 Å². The average molecular weight is 458 g/mol. The lowest BCUT2D eigenvalue weighted by molar-refractivity contribution is -0.187. The molecule has 0 saturated heterocycles. The maximum absolute atomic E-state index is 14.4. The first-order valence-corrected chi connectivity index (χ1v) is 9.50. The van der Waals surface area contributed by atoms with Gasteiger partial charge in [-0.15, -0.1) is 0 Å². The molecule has 9 heteroatoms. The smallest absolute Gasteiger partial charge is 0.426 e. The zero-order chi connectivity index (χ0) is 23.5. The summed E-state index contributed by atoms with van der Waals surface area (Å²) in [6.45, 7) is 1.96. The summed E-state index contributed by atoms with van der Waals surface area (Å²) in [6.07, 6.45) is -6.21. The first-order chi connectivity index (χ1) is 15.0. The van der Waals surface area contributed by atoms with Gasteiger partial charge in [0.05, 0.1) is 11.1 Å². The maximum atomic E-state index is 14.4. The first kappa shape index (κ1) is 23.4. The molecule has 0 amide bonds. The minimum Gasteiger partial charge on any atom is -0.429 e. The van der Waals surface area contributed by atoms with Crippen molar-refractivity contribution in [1.29, 1.82) is 0 Å². The second-order valence-electron chi connectivity index (χ2n) is 6.91. The summed E-state index contributed by atoms with van der Waals surface area (Å²) < 4.78 is 106. The van der Waals surface area contributed by atoms with Gasteiger partial charge in [-0.1, -0.05) is 25.5 Å². The molecule has 3 aromatic carbocycles. The highest BCUT2D eigenvalue weighted by Crippen LogP contribution is 2.36. The topological polar surface area (TPSA) is 18.5 Å². The normalized spacial score (nSPS) is 12.0. The van der Waals surface area contributed by atoms with E-state index < -0.39 is 52.3 Å². The lowest BCUT2D eigenvalue weighted by Gasteiger charge is -2.21. The Morgan fingerprint density at radius 1 is 0.656 bits per heavy atom. The van der Waals surface area contributed by atoms with Crippen molar-refractivity contribution >= 4 is 0 Å². The Balaban J connectivity index is 1.73. The quantitative estimate of drug-likeness (QED) is 0.260. The molecule has 170 valence electrons. The van der Waals surface area contributed by atoms with Crippen molar-refractivity contribution in [3.63, 3.8) is 0 Å². The summed E-state index contributed by atoms with van der Waals surface area (Å²) in [5.74, 6) is -6.59. The minimum absolute atomic E-state index is 0.260. The predicted molar refractivity (Wildman–Crippen MR) is 102 cm³/mol. The molecule has 0 radical (unpaired) electrons. The molecule has 0 atom stereocenters. The highest BCUT2D eigenvalue weighted by Gasteiger charge is 2.37. The number of rotatable bonds is 8. The number of hydrogen-bond donors (Lipinski definition) is 0. The summed E-state index contributed by atoms with van der Waals surface area (Å²) in [6, 6.07) is 9.33. The van der Waals surface area contributed by atoms with Crippen molar-refractivity contribution in [3.05, 3.63) is 94.8 Å². The summed E-state index contributed by atoms with van der Waals surface area (Å²) >= 11 is 0. The molecular formula is C23H17F7O2. The van der Waals surface area contributed by atoms with Crippen LogP contribution in [0.2, 0.25) is 0 Å². The predicted octanol–water partition coefficient (Wildman–Crippen LogP) is 7.31. The number of hydrogen-bond acceptors (Lipinski definition) is 2. The van der Waals surface area contributed by atoms with Crippen LogP contribution in [0.3, 0.4) is 0 Å². The number of benzene rings is 3. The van der Waals surface area contributed by atoms with E-state index in [1.165, 1.54) is 12.1 Å². The third-order valence-corrected chi connectivity index (χ3v) is 4.47. The molecule has 32 heavy (non-hydrogen) atoms. The van der Waals surface area contributed by atoms with Crippen LogP contribution in [0.1, 0.15) is 30.0 Å². The Hall–Kier alpha value is -3.23. The molecule has 0 aliphatic rings. The molecule has 0 spiro atoms. The van der Waals surface area contributed by atoms with Gasteiger partial charge in [0.1, 0.15) is 11.5 Å². The van der Waals surface area contributed by atoms with Crippen molar-refractivity contribution in [2.75, 3.05) is 0 Å². The largest absolute Gasteiger partial charge is 0.429 e. The molecule has 0 aliphatic heterocycles. The summed E-state index contributed by atoms with van der Waals surface area (Å²) in [5.41, 5.74) is -0.322. The fourth-order valence-electron chi connectivity index (χ4n) is 2.88. The standard InChI is InChI=1S/C23H17F7O2/c1-2-3-14-4-6-15(7-5-14)22(27,28)31-17-10-8-16(9-11-17)23(29,30)32-18-12-19(24)21(26)20(25)13-18/h4-13H,2-3H2,1H3. The SMILES string of the molecule is CCCc1ccc(C(F)(F)Oc2ccc(C(F)(F)Oc3cc(F)c(F)c(F)c3)cc2)cc1. The van der Waals surface area contributed by atoms with Gasteiger partial charge in [-0.05, 0) is 48.4 Å². The summed E-state index contributed by atoms with van der Waals surface area (Å²) in [7, 11) is 0. The van der Waals surface area contributed by atoms with Crippen molar-refractivity contribution in [2.24, 2.45) is 0 Å². The summed E-state index contributed by atoms with van der Waals surface area (Å²) in [5, 5.41) is 0. The first-order valence-electron chi connectivity index (χ1n) is 9.50. The van der Waals surface area contributed by atoms with E-state index in [9.17, 15) is 30.7 Å². The van der Waals surface area contributed by atoms with Gasteiger partial charge in [0.25, 0.3) is 0 Å². The van der Waals surface area contributed by atoms with Gasteiger partial charge >= 0.3 is 12.2 Å². The number of halogens is 7. The second kappa shape index (κ2) is 9.10. The lowest BCUT2D eigenvalue weighted by atomic mass is 10.1. The van der Waals surface area contributed by atoms with Crippen LogP contribution in [-0.2, 0) is 18.6 Å². The van der Waals surface area contributed by atoms with E-state index in [2.05, 4.69) is 9.47 Å². The minimum atomic E-state index is -4.09. The second-order valence-corrected chi connectivity index (χ2v) is 6.91. The van der Waals surface area contributed by atoms with Crippen LogP contribution in [0.15, 0.2) is 60.7 Å². The van der Waals surface area contributed by atoms with Gasteiger partial charge in [0.2, 0.25) is 0 Å². The van der Waals surface area contributed by atoms with Crippen LogP contribution in [0.5, 0.6) is 11.5 Å². The van der Waals surface area contributed by atoms with Crippen LogP contribution >= 0.6 is 0 Å².